The van der Waals surface area contributed by atoms with E-state index in [2.05, 4.69) is 25.0 Å². The van der Waals surface area contributed by atoms with Crippen LogP contribution in [0.25, 0.3) is 0 Å². The van der Waals surface area contributed by atoms with Crippen LogP contribution in [0, 0.1) is 0 Å². The monoisotopic (exact) mass is 268 g/mol. The predicted molar refractivity (Wildman–Crippen MR) is 62.7 cm³/mol. The molecule has 2 nitrogen and oxygen atoms in total. The number of ether oxygens (including phenoxy) is 2. The van der Waals surface area contributed by atoms with Crippen molar-refractivity contribution >= 4 is 34.8 Å². The average Bonchev–Trinajstić information content (AvgIpc) is 2.25. The van der Waals surface area contributed by atoms with Gasteiger partial charge in [0.25, 0.3) is 0 Å². The van der Waals surface area contributed by atoms with Crippen LogP contribution >= 0.6 is 12.9 Å². The highest BCUT2D eigenvalue weighted by Crippen LogP contribution is 2.07. The Balaban J connectivity index is 2.29. The molecule has 74 valence electrons. The van der Waals surface area contributed by atoms with E-state index < -0.39 is 0 Å². The molecule has 0 N–H and O–H groups in total. The SMILES string of the molecule is CCOCCOc1cc[c]([Mg][Br])cc1. The normalized spacial score (nSPS) is 9.57. The lowest BCUT2D eigenvalue weighted by Gasteiger charge is -2.06. The zero-order valence-corrected chi connectivity index (χ0v) is 11.3. The van der Waals surface area contributed by atoms with Crippen molar-refractivity contribution in [2.45, 2.75) is 6.92 Å². The Morgan fingerprint density at radius 1 is 1.21 bits per heavy atom. The quantitative estimate of drug-likeness (QED) is 0.578. The first kappa shape index (κ1) is 12.3. The number of hydrogen-bond donors (Lipinski definition) is 0. The third-order valence-corrected chi connectivity index (χ3v) is 4.50. The zero-order valence-electron chi connectivity index (χ0n) is 8.33. The van der Waals surface area contributed by atoms with Crippen LogP contribution in [0.2, 0.25) is 0 Å². The summed E-state index contributed by atoms with van der Waals surface area (Å²) >= 11 is 3.31. The molecular weight excluding hydrogens is 256 g/mol. The van der Waals surface area contributed by atoms with E-state index in [1.807, 2.05) is 19.1 Å². The first-order chi connectivity index (χ1) is 6.86. The Kier molecular flexibility index (Phi) is 6.60. The lowest BCUT2D eigenvalue weighted by Crippen LogP contribution is -2.09. The van der Waals surface area contributed by atoms with Crippen molar-refractivity contribution in [2.24, 2.45) is 0 Å². The molecule has 14 heavy (non-hydrogen) atoms. The zero-order chi connectivity index (χ0) is 10.2. The van der Waals surface area contributed by atoms with Gasteiger partial charge in [0, 0.05) is 6.61 Å². The van der Waals surface area contributed by atoms with Crippen molar-refractivity contribution in [3.8, 4) is 5.75 Å². The maximum Gasteiger partial charge on any atom is 0.506 e. The molecule has 0 saturated carbocycles. The maximum atomic E-state index is 5.48. The van der Waals surface area contributed by atoms with Gasteiger partial charge in [0.15, 0.2) is 0 Å². The molecule has 0 atom stereocenters. The first-order valence-electron chi connectivity index (χ1n) is 4.72. The number of halogens is 1. The Bertz CT molecular complexity index is 251. The summed E-state index contributed by atoms with van der Waals surface area (Å²) in [4.78, 5) is 0. The molecule has 0 aliphatic heterocycles. The van der Waals surface area contributed by atoms with Gasteiger partial charge in [0.05, 0.1) is 6.61 Å². The topological polar surface area (TPSA) is 18.5 Å². The lowest BCUT2D eigenvalue weighted by molar-refractivity contribution is 0.110. The van der Waals surface area contributed by atoms with Gasteiger partial charge < -0.3 is 9.47 Å². The molecule has 0 fully saturated rings. The van der Waals surface area contributed by atoms with Crippen molar-refractivity contribution < 1.29 is 9.47 Å². The Morgan fingerprint density at radius 3 is 2.50 bits per heavy atom. The van der Waals surface area contributed by atoms with E-state index in [1.54, 1.807) is 0 Å². The summed E-state index contributed by atoms with van der Waals surface area (Å²) in [6.45, 7) is 4.01. The fourth-order valence-corrected chi connectivity index (χ4v) is 2.57. The fraction of sp³-hybridized carbons (Fsp3) is 0.400. The smallest absolute Gasteiger partial charge is 0.491 e. The van der Waals surface area contributed by atoms with Gasteiger partial charge in [-0.2, -0.15) is 3.69 Å². The third-order valence-electron chi connectivity index (χ3n) is 1.78. The van der Waals surface area contributed by atoms with Crippen molar-refractivity contribution in [3.05, 3.63) is 24.3 Å². The van der Waals surface area contributed by atoms with Gasteiger partial charge in [-0.25, -0.2) is 0 Å². The molecule has 0 radical (unpaired) electrons. The van der Waals surface area contributed by atoms with Gasteiger partial charge in [-0.05, 0) is 19.1 Å². The summed E-state index contributed by atoms with van der Waals surface area (Å²) in [7, 11) is 0. The van der Waals surface area contributed by atoms with Crippen LogP contribution in [0.4, 0.5) is 0 Å². The Hall–Kier alpha value is 0.226. The lowest BCUT2D eigenvalue weighted by atomic mass is 10.3. The average molecular weight is 269 g/mol. The highest BCUT2D eigenvalue weighted by Gasteiger charge is 1.96. The van der Waals surface area contributed by atoms with Crippen molar-refractivity contribution in [2.75, 3.05) is 19.8 Å². The molecular formula is C10H13BrMgO2. The van der Waals surface area contributed by atoms with E-state index in [-0.39, 0.29) is 18.2 Å². The van der Waals surface area contributed by atoms with Crippen LogP contribution < -0.4 is 8.43 Å². The summed E-state index contributed by atoms with van der Waals surface area (Å²) in [6.07, 6.45) is 0. The van der Waals surface area contributed by atoms with E-state index >= 15 is 0 Å². The van der Waals surface area contributed by atoms with Crippen molar-refractivity contribution in [1.82, 2.24) is 0 Å². The molecule has 0 spiro atoms. The molecule has 1 aromatic rings. The summed E-state index contributed by atoms with van der Waals surface area (Å²) < 4.78 is 12.0. The Morgan fingerprint density at radius 2 is 1.93 bits per heavy atom. The minimum absolute atomic E-state index is 0.220. The predicted octanol–water partition coefficient (Wildman–Crippen LogP) is 1.74. The third kappa shape index (κ3) is 4.64. The van der Waals surface area contributed by atoms with Gasteiger partial charge in [0.2, 0.25) is 0 Å². The molecule has 0 aliphatic rings. The summed E-state index contributed by atoms with van der Waals surface area (Å²) in [5.74, 6) is 0.920. The van der Waals surface area contributed by atoms with E-state index in [0.29, 0.717) is 13.2 Å². The molecule has 0 aliphatic carbocycles. The van der Waals surface area contributed by atoms with E-state index in [1.165, 1.54) is 3.69 Å². The van der Waals surface area contributed by atoms with Gasteiger partial charge >= 0.3 is 18.2 Å². The molecule has 0 unspecified atom stereocenters. The molecule has 0 bridgehead atoms. The maximum absolute atomic E-state index is 5.48. The molecule has 4 heteroatoms. The molecule has 0 amide bonds. The van der Waals surface area contributed by atoms with Crippen LogP contribution in [0.1, 0.15) is 6.92 Å². The van der Waals surface area contributed by atoms with Crippen LogP contribution in [0.5, 0.6) is 5.75 Å². The Labute approximate surface area is 101 Å². The molecule has 0 aromatic heterocycles. The highest BCUT2D eigenvalue weighted by molar-refractivity contribution is 9.23. The van der Waals surface area contributed by atoms with Crippen LogP contribution in [-0.2, 0) is 4.74 Å². The van der Waals surface area contributed by atoms with E-state index in [4.69, 9.17) is 9.47 Å². The second-order valence-electron chi connectivity index (χ2n) is 2.82. The number of benzene rings is 1. The van der Waals surface area contributed by atoms with Crippen LogP contribution in [0.3, 0.4) is 0 Å². The van der Waals surface area contributed by atoms with Crippen molar-refractivity contribution in [1.29, 1.82) is 0 Å². The summed E-state index contributed by atoms with van der Waals surface area (Å²) in [5.41, 5.74) is 0. The summed E-state index contributed by atoms with van der Waals surface area (Å²) in [5, 5.41) is 0. The fourth-order valence-electron chi connectivity index (χ4n) is 1.04. The second kappa shape index (κ2) is 7.51. The van der Waals surface area contributed by atoms with Gasteiger partial charge in [-0.1, -0.05) is 12.1 Å². The summed E-state index contributed by atoms with van der Waals surface area (Å²) in [6, 6.07) is 8.24. The second-order valence-corrected chi connectivity index (χ2v) is 5.59. The minimum Gasteiger partial charge on any atom is -0.491 e. The first-order valence-corrected chi connectivity index (χ1v) is 9.33. The van der Waals surface area contributed by atoms with Gasteiger partial charge in [-0.15, -0.1) is 0 Å². The van der Waals surface area contributed by atoms with Gasteiger partial charge in [0.1, 0.15) is 12.4 Å². The van der Waals surface area contributed by atoms with Crippen molar-refractivity contribution in [3.63, 3.8) is 0 Å². The molecule has 0 saturated heterocycles. The minimum atomic E-state index is -0.220. The molecule has 1 rings (SSSR count). The highest BCUT2D eigenvalue weighted by atomic mass is 79.9. The van der Waals surface area contributed by atoms with Crippen LogP contribution in [0.15, 0.2) is 24.3 Å². The molecule has 0 heterocycles. The van der Waals surface area contributed by atoms with Gasteiger partial charge in [-0.3, -0.25) is 12.9 Å². The number of rotatable bonds is 6. The standard InChI is InChI=1S/C10H13O2.BrH.Mg/c1-2-11-8-9-12-10-6-4-3-5-7-10;;/h4-7H,2,8-9H2,1H3;1H;/q;;+1/p-1. The van der Waals surface area contributed by atoms with Crippen LogP contribution in [-0.4, -0.2) is 38.0 Å². The largest absolute Gasteiger partial charge is 0.506 e. The van der Waals surface area contributed by atoms with E-state index in [0.717, 1.165) is 12.4 Å². The number of hydrogen-bond acceptors (Lipinski definition) is 2. The molecule has 1 aromatic carbocycles. The van der Waals surface area contributed by atoms with E-state index in [9.17, 15) is 0 Å².